The van der Waals surface area contributed by atoms with Crippen LogP contribution in [0.5, 0.6) is 0 Å². The van der Waals surface area contributed by atoms with Gasteiger partial charge >= 0.3 is 0 Å². The molecular weight excluding hydrogens is 212 g/mol. The highest BCUT2D eigenvalue weighted by Crippen LogP contribution is 2.24. The molecule has 0 aromatic rings. The smallest absolute Gasteiger partial charge is 0.212 e. The van der Waals surface area contributed by atoms with E-state index >= 15 is 0 Å². The fourth-order valence-electron chi connectivity index (χ4n) is 1.78. The molecule has 1 aliphatic carbocycles. The molecule has 0 amide bonds. The monoisotopic (exact) mass is 230 g/mol. The molecule has 4 nitrogen and oxygen atoms in total. The Morgan fingerprint density at radius 1 is 1.33 bits per heavy atom. The molecule has 0 radical (unpaired) electrons. The molecule has 1 saturated carbocycles. The molecule has 15 heavy (non-hydrogen) atoms. The lowest BCUT2D eigenvalue weighted by atomic mass is 10.1. The van der Waals surface area contributed by atoms with Gasteiger partial charge in [-0.2, -0.15) is 9.98 Å². The summed E-state index contributed by atoms with van der Waals surface area (Å²) in [4.78, 5) is 0. The molecule has 1 N–H and O–H groups in total. The maximum Gasteiger partial charge on any atom is 0.215 e. The Morgan fingerprint density at radius 3 is 2.27 bits per heavy atom. The van der Waals surface area contributed by atoms with E-state index in [9.17, 15) is 8.42 Å². The normalized spacial score (nSPS) is 20.4. The number of nitriles is 1. The minimum Gasteiger partial charge on any atom is -0.212 e. The average molecular weight is 230 g/mol. The molecule has 1 unspecified atom stereocenters. The van der Waals surface area contributed by atoms with Gasteiger partial charge in [-0.15, -0.1) is 0 Å². The molecule has 1 rings (SSSR count). The van der Waals surface area contributed by atoms with E-state index in [2.05, 4.69) is 4.72 Å². The summed E-state index contributed by atoms with van der Waals surface area (Å²) < 4.78 is 26.2. The Kier molecular flexibility index (Phi) is 4.12. The van der Waals surface area contributed by atoms with Crippen LogP contribution < -0.4 is 4.72 Å². The number of sulfonamides is 1. The molecule has 5 heteroatoms. The Bertz CT molecular complexity index is 337. The van der Waals surface area contributed by atoms with Crippen molar-refractivity contribution in [2.45, 2.75) is 50.8 Å². The van der Waals surface area contributed by atoms with Crippen molar-refractivity contribution in [3.63, 3.8) is 0 Å². The number of rotatable bonds is 4. The van der Waals surface area contributed by atoms with Crippen molar-refractivity contribution < 1.29 is 8.42 Å². The standard InChI is InChI=1S/C10H18N2O2S/c1-8(2)10(7-11)12-15(13,14)9-5-3-4-6-9/h8-10,12H,3-6H2,1-2H3. The number of nitrogens with one attached hydrogen (secondary N) is 1. The first-order valence-corrected chi connectivity index (χ1v) is 6.92. The molecule has 0 aromatic carbocycles. The van der Waals surface area contributed by atoms with Gasteiger partial charge in [-0.25, -0.2) is 8.42 Å². The van der Waals surface area contributed by atoms with E-state index < -0.39 is 16.1 Å². The van der Waals surface area contributed by atoms with Crippen LogP contribution in [0.3, 0.4) is 0 Å². The van der Waals surface area contributed by atoms with E-state index in [0.717, 1.165) is 25.7 Å². The topological polar surface area (TPSA) is 70.0 Å². The van der Waals surface area contributed by atoms with E-state index in [0.29, 0.717) is 0 Å². The van der Waals surface area contributed by atoms with E-state index in [4.69, 9.17) is 5.26 Å². The van der Waals surface area contributed by atoms with Gasteiger partial charge in [0.15, 0.2) is 0 Å². The number of nitrogens with zero attached hydrogens (tertiary/aromatic N) is 1. The first-order valence-electron chi connectivity index (χ1n) is 5.38. The van der Waals surface area contributed by atoms with E-state index in [1.165, 1.54) is 0 Å². The third-order valence-corrected chi connectivity index (χ3v) is 4.77. The SMILES string of the molecule is CC(C)C(C#N)NS(=O)(=O)C1CCCC1. The molecule has 0 saturated heterocycles. The number of hydrogen-bond acceptors (Lipinski definition) is 3. The van der Waals surface area contributed by atoms with Gasteiger partial charge in [0.2, 0.25) is 10.0 Å². The van der Waals surface area contributed by atoms with Crippen LogP contribution in [0.4, 0.5) is 0 Å². The van der Waals surface area contributed by atoms with E-state index in [1.807, 2.05) is 19.9 Å². The zero-order valence-corrected chi connectivity index (χ0v) is 10.0. The maximum absolute atomic E-state index is 11.8. The van der Waals surface area contributed by atoms with Gasteiger partial charge in [0.05, 0.1) is 11.3 Å². The van der Waals surface area contributed by atoms with E-state index in [1.54, 1.807) is 0 Å². The van der Waals surface area contributed by atoms with Crippen LogP contribution >= 0.6 is 0 Å². The molecule has 0 bridgehead atoms. The van der Waals surface area contributed by atoms with Gasteiger partial charge < -0.3 is 0 Å². The molecule has 0 spiro atoms. The third-order valence-electron chi connectivity index (χ3n) is 2.84. The van der Waals surface area contributed by atoms with Crippen LogP contribution in [-0.2, 0) is 10.0 Å². The van der Waals surface area contributed by atoms with Crippen molar-refractivity contribution in [3.8, 4) is 6.07 Å². The van der Waals surface area contributed by atoms with Crippen LogP contribution in [0.2, 0.25) is 0 Å². The highest BCUT2D eigenvalue weighted by atomic mass is 32.2. The van der Waals surface area contributed by atoms with Crippen molar-refractivity contribution in [2.24, 2.45) is 5.92 Å². The van der Waals surface area contributed by atoms with Crippen molar-refractivity contribution in [1.82, 2.24) is 4.72 Å². The highest BCUT2D eigenvalue weighted by molar-refractivity contribution is 7.90. The summed E-state index contributed by atoms with van der Waals surface area (Å²) in [5.41, 5.74) is 0. The molecule has 1 atom stereocenters. The minimum absolute atomic E-state index is 0.00572. The summed E-state index contributed by atoms with van der Waals surface area (Å²) in [5.74, 6) is 0.00572. The third kappa shape index (κ3) is 3.18. The Morgan fingerprint density at radius 2 is 1.87 bits per heavy atom. The number of hydrogen-bond donors (Lipinski definition) is 1. The first kappa shape index (κ1) is 12.5. The second kappa shape index (κ2) is 4.95. The maximum atomic E-state index is 11.8. The Hall–Kier alpha value is -0.600. The van der Waals surface area contributed by atoms with Crippen LogP contribution in [0, 0.1) is 17.2 Å². The van der Waals surface area contributed by atoms with Gasteiger partial charge in [0, 0.05) is 0 Å². The summed E-state index contributed by atoms with van der Waals surface area (Å²) in [5, 5.41) is 8.54. The predicted molar refractivity (Wildman–Crippen MR) is 58.6 cm³/mol. The van der Waals surface area contributed by atoms with Crippen molar-refractivity contribution >= 4 is 10.0 Å². The fourth-order valence-corrected chi connectivity index (χ4v) is 3.61. The lowest BCUT2D eigenvalue weighted by Gasteiger charge is -2.18. The quantitative estimate of drug-likeness (QED) is 0.793. The van der Waals surface area contributed by atoms with Crippen LogP contribution in [0.15, 0.2) is 0 Å². The molecule has 1 fully saturated rings. The summed E-state index contributed by atoms with van der Waals surface area (Å²) >= 11 is 0. The summed E-state index contributed by atoms with van der Waals surface area (Å²) in [7, 11) is -3.29. The van der Waals surface area contributed by atoms with Gasteiger partial charge in [-0.05, 0) is 18.8 Å². The lowest BCUT2D eigenvalue weighted by Crippen LogP contribution is -2.41. The zero-order chi connectivity index (χ0) is 11.5. The van der Waals surface area contributed by atoms with Crippen LogP contribution in [0.25, 0.3) is 0 Å². The lowest BCUT2D eigenvalue weighted by molar-refractivity contribution is 0.507. The van der Waals surface area contributed by atoms with Gasteiger partial charge in [0.25, 0.3) is 0 Å². The van der Waals surface area contributed by atoms with E-state index in [-0.39, 0.29) is 11.2 Å². The molecule has 0 aliphatic heterocycles. The summed E-state index contributed by atoms with van der Waals surface area (Å²) in [6.45, 7) is 3.68. The van der Waals surface area contributed by atoms with Gasteiger partial charge in [-0.3, -0.25) is 0 Å². The van der Waals surface area contributed by atoms with Crippen molar-refractivity contribution in [1.29, 1.82) is 5.26 Å². The first-order chi connectivity index (χ1) is 6.97. The minimum atomic E-state index is -3.29. The van der Waals surface area contributed by atoms with Crippen molar-refractivity contribution in [3.05, 3.63) is 0 Å². The summed E-state index contributed by atoms with van der Waals surface area (Å²) in [6, 6.07) is 1.39. The predicted octanol–water partition coefficient (Wildman–Crippen LogP) is 1.40. The summed E-state index contributed by atoms with van der Waals surface area (Å²) in [6.07, 6.45) is 3.41. The molecule has 1 aliphatic rings. The highest BCUT2D eigenvalue weighted by Gasteiger charge is 2.31. The molecule has 0 heterocycles. The van der Waals surface area contributed by atoms with Gasteiger partial charge in [0.1, 0.15) is 6.04 Å². The average Bonchev–Trinajstić information content (AvgIpc) is 2.67. The van der Waals surface area contributed by atoms with Crippen LogP contribution in [-0.4, -0.2) is 19.7 Å². The molecular formula is C10H18N2O2S. The largest absolute Gasteiger partial charge is 0.215 e. The molecule has 86 valence electrons. The van der Waals surface area contributed by atoms with Gasteiger partial charge in [-0.1, -0.05) is 26.7 Å². The second-order valence-electron chi connectivity index (χ2n) is 4.42. The van der Waals surface area contributed by atoms with Crippen LogP contribution in [0.1, 0.15) is 39.5 Å². The molecule has 0 aromatic heterocycles. The second-order valence-corrected chi connectivity index (χ2v) is 6.41. The Balaban J connectivity index is 2.67. The zero-order valence-electron chi connectivity index (χ0n) is 9.23. The van der Waals surface area contributed by atoms with Crippen molar-refractivity contribution in [2.75, 3.05) is 0 Å². The fraction of sp³-hybridized carbons (Fsp3) is 0.900. The Labute approximate surface area is 91.7 Å².